The summed E-state index contributed by atoms with van der Waals surface area (Å²) in [5, 5.41) is 0. The second-order valence-electron chi connectivity index (χ2n) is 7.28. The Hall–Kier alpha value is -1.71. The minimum Gasteiger partial charge on any atom is -0.423 e. The summed E-state index contributed by atoms with van der Waals surface area (Å²) in [7, 11) is 0. The highest BCUT2D eigenvalue weighted by molar-refractivity contribution is 14.1. The quantitative estimate of drug-likeness (QED) is 0.153. The van der Waals surface area contributed by atoms with Gasteiger partial charge in [0.15, 0.2) is 0 Å². The minimum absolute atomic E-state index is 0.00561. The summed E-state index contributed by atoms with van der Waals surface area (Å²) < 4.78 is 6.97. The Kier molecular flexibility index (Phi) is 6.90. The largest absolute Gasteiger partial charge is 0.423 e. The van der Waals surface area contributed by atoms with Gasteiger partial charge in [0.05, 0.1) is 10.5 Å². The van der Waals surface area contributed by atoms with Gasteiger partial charge in [-0.05, 0) is 71.3 Å². The van der Waals surface area contributed by atoms with Crippen molar-refractivity contribution in [3.63, 3.8) is 0 Å². The lowest BCUT2D eigenvalue weighted by molar-refractivity contribution is -0.124. The van der Waals surface area contributed by atoms with Gasteiger partial charge in [0.25, 0.3) is 5.91 Å². The first kappa shape index (κ1) is 21.5. The number of benzene rings is 2. The Balaban J connectivity index is 1.45. The van der Waals surface area contributed by atoms with E-state index in [1.54, 1.807) is 18.2 Å². The lowest BCUT2D eigenvalue weighted by Gasteiger charge is -2.29. The van der Waals surface area contributed by atoms with Crippen molar-refractivity contribution >= 4 is 68.8 Å². The monoisotopic (exact) mass is 549 g/mol. The number of ether oxygens (including phenoxy) is 1. The van der Waals surface area contributed by atoms with E-state index in [1.165, 1.54) is 18.2 Å². The highest BCUT2D eigenvalue weighted by Gasteiger charge is 2.37. The van der Waals surface area contributed by atoms with Gasteiger partial charge in [0.2, 0.25) is 0 Å². The Morgan fingerprint density at radius 3 is 2.50 bits per heavy atom. The van der Waals surface area contributed by atoms with Crippen molar-refractivity contribution in [3.05, 3.63) is 68.1 Å². The molecule has 0 atom stereocenters. The maximum absolute atomic E-state index is 12.9. The van der Waals surface area contributed by atoms with Gasteiger partial charge < -0.3 is 4.74 Å². The molecule has 0 bridgehead atoms. The topological polar surface area (TPSA) is 46.6 Å². The molecule has 2 aromatic rings. The number of nitrogens with zero attached hydrogens (tertiary/aromatic N) is 1. The van der Waals surface area contributed by atoms with Gasteiger partial charge in [-0.3, -0.25) is 9.69 Å². The zero-order valence-corrected chi connectivity index (χ0v) is 20.0. The number of rotatable bonds is 4. The number of thioether (sulfide) groups is 1. The van der Waals surface area contributed by atoms with E-state index in [-0.39, 0.29) is 17.9 Å². The molecule has 7 heteroatoms. The van der Waals surface area contributed by atoms with Crippen molar-refractivity contribution in [2.24, 2.45) is 0 Å². The Morgan fingerprint density at radius 2 is 1.80 bits per heavy atom. The number of halogens is 1. The summed E-state index contributed by atoms with van der Waals surface area (Å²) in [6.07, 6.45) is 7.46. The number of hydrogen-bond donors (Lipinski definition) is 0. The number of carbonyl (C=O) groups is 2. The normalized spacial score (nSPS) is 18.8. The molecule has 0 radical (unpaired) electrons. The first-order chi connectivity index (χ1) is 14.5. The van der Waals surface area contributed by atoms with Crippen LogP contribution in [0.3, 0.4) is 0 Å². The molecule has 1 heterocycles. The molecule has 1 saturated heterocycles. The molecule has 1 saturated carbocycles. The minimum atomic E-state index is -0.388. The SMILES string of the molecule is O=C(Oc1ccc(/C=C2\SC(=S)N(C3CCCCC3)C2=O)cc1)c1ccccc1I. The van der Waals surface area contributed by atoms with Crippen molar-refractivity contribution in [1.29, 1.82) is 0 Å². The van der Waals surface area contributed by atoms with Gasteiger partial charge in [-0.2, -0.15) is 0 Å². The van der Waals surface area contributed by atoms with Crippen LogP contribution in [0.2, 0.25) is 0 Å². The van der Waals surface area contributed by atoms with Crippen molar-refractivity contribution in [2.45, 2.75) is 38.1 Å². The Morgan fingerprint density at radius 1 is 1.10 bits per heavy atom. The summed E-state index contributed by atoms with van der Waals surface area (Å²) in [5.41, 5.74) is 1.40. The fourth-order valence-electron chi connectivity index (χ4n) is 3.71. The van der Waals surface area contributed by atoms with Crippen LogP contribution in [-0.2, 0) is 4.79 Å². The molecule has 0 aromatic heterocycles. The van der Waals surface area contributed by atoms with Crippen LogP contribution in [0.5, 0.6) is 5.75 Å². The van der Waals surface area contributed by atoms with Crippen LogP contribution < -0.4 is 4.74 Å². The van der Waals surface area contributed by atoms with E-state index in [4.69, 9.17) is 17.0 Å². The first-order valence-electron chi connectivity index (χ1n) is 9.87. The van der Waals surface area contributed by atoms with Crippen LogP contribution in [0.25, 0.3) is 6.08 Å². The van der Waals surface area contributed by atoms with Crippen LogP contribution in [0.1, 0.15) is 48.0 Å². The van der Waals surface area contributed by atoms with E-state index in [9.17, 15) is 9.59 Å². The average Bonchev–Trinajstić information content (AvgIpc) is 3.03. The van der Waals surface area contributed by atoms with Crippen LogP contribution in [-0.4, -0.2) is 27.1 Å². The summed E-state index contributed by atoms with van der Waals surface area (Å²) in [6.45, 7) is 0. The third-order valence-corrected chi connectivity index (χ3v) is 7.52. The molecule has 30 heavy (non-hydrogen) atoms. The average molecular weight is 549 g/mol. The fraction of sp³-hybridized carbons (Fsp3) is 0.261. The van der Waals surface area contributed by atoms with Crippen molar-refractivity contribution in [3.8, 4) is 5.75 Å². The molecule has 1 aliphatic carbocycles. The van der Waals surface area contributed by atoms with Crippen LogP contribution in [0.4, 0.5) is 0 Å². The fourth-order valence-corrected chi connectivity index (χ4v) is 5.71. The molecule has 4 nitrogen and oxygen atoms in total. The third kappa shape index (κ3) is 4.78. The molecule has 2 aromatic carbocycles. The zero-order chi connectivity index (χ0) is 21.1. The van der Waals surface area contributed by atoms with E-state index >= 15 is 0 Å². The Labute approximate surface area is 199 Å². The van der Waals surface area contributed by atoms with Crippen molar-refractivity contribution < 1.29 is 14.3 Å². The van der Waals surface area contributed by atoms with Gasteiger partial charge >= 0.3 is 5.97 Å². The van der Waals surface area contributed by atoms with Gasteiger partial charge in [0.1, 0.15) is 10.1 Å². The molecule has 0 N–H and O–H groups in total. The summed E-state index contributed by atoms with van der Waals surface area (Å²) >= 11 is 8.97. The van der Waals surface area contributed by atoms with Crippen molar-refractivity contribution in [2.75, 3.05) is 0 Å². The van der Waals surface area contributed by atoms with E-state index in [0.29, 0.717) is 20.5 Å². The van der Waals surface area contributed by atoms with E-state index in [2.05, 4.69) is 22.6 Å². The second-order valence-corrected chi connectivity index (χ2v) is 10.1. The van der Waals surface area contributed by atoms with Crippen molar-refractivity contribution in [1.82, 2.24) is 4.90 Å². The van der Waals surface area contributed by atoms with Gasteiger partial charge in [0, 0.05) is 9.61 Å². The molecule has 1 aliphatic heterocycles. The van der Waals surface area contributed by atoms with Gasteiger partial charge in [-0.25, -0.2) is 4.79 Å². The maximum atomic E-state index is 12.9. The molecule has 2 aliphatic rings. The number of amides is 1. The van der Waals surface area contributed by atoms with Crippen LogP contribution in [0, 0.1) is 3.57 Å². The van der Waals surface area contributed by atoms with Crippen LogP contribution >= 0.6 is 46.6 Å². The molecule has 154 valence electrons. The highest BCUT2D eigenvalue weighted by Crippen LogP contribution is 2.37. The van der Waals surface area contributed by atoms with Crippen LogP contribution in [0.15, 0.2) is 53.4 Å². The number of hydrogen-bond acceptors (Lipinski definition) is 5. The predicted molar refractivity (Wildman–Crippen MR) is 132 cm³/mol. The van der Waals surface area contributed by atoms with E-state index < -0.39 is 0 Å². The summed E-state index contributed by atoms with van der Waals surface area (Å²) in [4.78, 5) is 27.7. The number of thiocarbonyl (C=S) groups is 1. The summed E-state index contributed by atoms with van der Waals surface area (Å²) in [6, 6.07) is 14.7. The smallest absolute Gasteiger partial charge is 0.344 e. The van der Waals surface area contributed by atoms with Gasteiger partial charge in [-0.1, -0.05) is 67.5 Å². The predicted octanol–water partition coefficient (Wildman–Crippen LogP) is 6.04. The first-order valence-corrected chi connectivity index (χ1v) is 12.2. The second kappa shape index (κ2) is 9.62. The van der Waals surface area contributed by atoms with E-state index in [1.807, 2.05) is 41.3 Å². The highest BCUT2D eigenvalue weighted by atomic mass is 127. The summed E-state index contributed by atoms with van der Waals surface area (Å²) in [5.74, 6) is 0.0821. The van der Waals surface area contributed by atoms with E-state index in [0.717, 1.165) is 34.8 Å². The number of carbonyl (C=O) groups excluding carboxylic acids is 2. The Bertz CT molecular complexity index is 1010. The van der Waals surface area contributed by atoms with Gasteiger partial charge in [-0.15, -0.1) is 0 Å². The molecule has 1 amide bonds. The third-order valence-electron chi connectivity index (χ3n) is 5.25. The number of esters is 1. The molecular weight excluding hydrogens is 529 g/mol. The molecule has 0 spiro atoms. The lowest BCUT2D eigenvalue weighted by Crippen LogP contribution is -2.39. The lowest BCUT2D eigenvalue weighted by atomic mass is 9.94. The molecular formula is C23H20INO3S2. The standard InChI is InChI=1S/C23H20INO3S2/c24-19-9-5-4-8-18(19)22(27)28-17-12-10-15(11-13-17)14-20-21(26)25(23(29)30-20)16-6-2-1-3-7-16/h4-5,8-14,16H,1-3,6-7H2/b20-14-. The zero-order valence-electron chi connectivity index (χ0n) is 16.2. The maximum Gasteiger partial charge on any atom is 0.344 e. The molecule has 0 unspecified atom stereocenters. The molecule has 4 rings (SSSR count). The molecule has 2 fully saturated rings.